The Kier molecular flexibility index (Phi) is 5.83. The number of rotatable bonds is 5. The summed E-state index contributed by atoms with van der Waals surface area (Å²) in [5, 5.41) is 4.24. The highest BCUT2D eigenvalue weighted by atomic mass is 79.9. The van der Waals surface area contributed by atoms with Crippen molar-refractivity contribution in [1.29, 1.82) is 0 Å². The Morgan fingerprint density at radius 3 is 2.57 bits per heavy atom. The number of aryl methyl sites for hydroxylation is 1. The van der Waals surface area contributed by atoms with E-state index in [2.05, 4.69) is 33.4 Å². The minimum Gasteiger partial charge on any atom is -0.348 e. The molecule has 0 aliphatic rings. The van der Waals surface area contributed by atoms with Crippen LogP contribution in [0.2, 0.25) is 5.02 Å². The van der Waals surface area contributed by atoms with E-state index in [0.29, 0.717) is 15.9 Å². The zero-order valence-electron chi connectivity index (χ0n) is 11.8. The lowest BCUT2D eigenvalue weighted by Gasteiger charge is -2.17. The predicted molar refractivity (Wildman–Crippen MR) is 91.4 cm³/mol. The molecule has 0 saturated heterocycles. The van der Waals surface area contributed by atoms with E-state index in [1.165, 1.54) is 5.56 Å². The molecule has 0 aromatic heterocycles. The lowest BCUT2D eigenvalue weighted by molar-refractivity contribution is 0.0941. The van der Waals surface area contributed by atoms with Gasteiger partial charge in [-0.3, -0.25) is 4.79 Å². The van der Waals surface area contributed by atoms with Crippen molar-refractivity contribution < 1.29 is 4.79 Å². The Labute approximate surface area is 138 Å². The van der Waals surface area contributed by atoms with Gasteiger partial charge in [-0.25, -0.2) is 0 Å². The van der Waals surface area contributed by atoms with Crippen LogP contribution in [0.5, 0.6) is 0 Å². The number of carbonyl (C=O) groups is 1. The SMILES string of the molecule is Cc1cccc(C(=O)NC(CBr)Cc2ccccc2)c1Cl. The highest BCUT2D eigenvalue weighted by Crippen LogP contribution is 2.20. The topological polar surface area (TPSA) is 29.1 Å². The summed E-state index contributed by atoms with van der Waals surface area (Å²) in [6.07, 6.45) is 0.779. The molecule has 2 aromatic carbocycles. The fraction of sp³-hybridized carbons (Fsp3) is 0.235. The van der Waals surface area contributed by atoms with Crippen LogP contribution in [0.15, 0.2) is 48.5 Å². The van der Waals surface area contributed by atoms with Crippen LogP contribution in [0.3, 0.4) is 0 Å². The number of alkyl halides is 1. The Balaban J connectivity index is 2.08. The van der Waals surface area contributed by atoms with Crippen LogP contribution in [0.4, 0.5) is 0 Å². The Morgan fingerprint density at radius 1 is 1.19 bits per heavy atom. The van der Waals surface area contributed by atoms with E-state index in [1.54, 1.807) is 6.07 Å². The maximum atomic E-state index is 12.4. The van der Waals surface area contributed by atoms with Crippen molar-refractivity contribution >= 4 is 33.4 Å². The lowest BCUT2D eigenvalue weighted by atomic mass is 10.1. The Bertz CT molecular complexity index is 615. The largest absolute Gasteiger partial charge is 0.348 e. The van der Waals surface area contributed by atoms with Gasteiger partial charge in [-0.05, 0) is 30.5 Å². The number of hydrogen-bond donors (Lipinski definition) is 1. The van der Waals surface area contributed by atoms with Crippen molar-refractivity contribution in [2.24, 2.45) is 0 Å². The van der Waals surface area contributed by atoms with Crippen LogP contribution in [0.25, 0.3) is 0 Å². The Hall–Kier alpha value is -1.32. The third kappa shape index (κ3) is 4.32. The van der Waals surface area contributed by atoms with Crippen LogP contribution in [0.1, 0.15) is 21.5 Å². The van der Waals surface area contributed by atoms with Gasteiger partial charge in [0.05, 0.1) is 10.6 Å². The first-order chi connectivity index (χ1) is 10.1. The van der Waals surface area contributed by atoms with Crippen LogP contribution in [-0.4, -0.2) is 17.3 Å². The molecule has 0 heterocycles. The molecule has 2 rings (SSSR count). The maximum Gasteiger partial charge on any atom is 0.253 e. The van der Waals surface area contributed by atoms with Gasteiger partial charge in [0.2, 0.25) is 0 Å². The van der Waals surface area contributed by atoms with Gasteiger partial charge in [0, 0.05) is 11.4 Å². The van der Waals surface area contributed by atoms with E-state index >= 15 is 0 Å². The molecule has 4 heteroatoms. The molecule has 110 valence electrons. The fourth-order valence-corrected chi connectivity index (χ4v) is 2.73. The second-order valence-electron chi connectivity index (χ2n) is 4.95. The quantitative estimate of drug-likeness (QED) is 0.782. The molecule has 2 aromatic rings. The van der Waals surface area contributed by atoms with Gasteiger partial charge in [-0.15, -0.1) is 0 Å². The highest BCUT2D eigenvalue weighted by molar-refractivity contribution is 9.09. The van der Waals surface area contributed by atoms with Crippen LogP contribution >= 0.6 is 27.5 Å². The molecule has 0 saturated carbocycles. The van der Waals surface area contributed by atoms with E-state index in [1.807, 2.05) is 37.3 Å². The van der Waals surface area contributed by atoms with E-state index in [4.69, 9.17) is 11.6 Å². The van der Waals surface area contributed by atoms with Gasteiger partial charge in [0.15, 0.2) is 0 Å². The summed E-state index contributed by atoms with van der Waals surface area (Å²) in [6.45, 7) is 1.89. The van der Waals surface area contributed by atoms with Gasteiger partial charge in [-0.1, -0.05) is 70.0 Å². The maximum absolute atomic E-state index is 12.4. The normalized spacial score (nSPS) is 12.0. The number of benzene rings is 2. The zero-order valence-corrected chi connectivity index (χ0v) is 14.1. The molecule has 0 aliphatic carbocycles. The van der Waals surface area contributed by atoms with E-state index in [0.717, 1.165) is 12.0 Å². The van der Waals surface area contributed by atoms with E-state index in [9.17, 15) is 4.79 Å². The van der Waals surface area contributed by atoms with Gasteiger partial charge < -0.3 is 5.32 Å². The summed E-state index contributed by atoms with van der Waals surface area (Å²) in [7, 11) is 0. The second kappa shape index (κ2) is 7.62. The smallest absolute Gasteiger partial charge is 0.253 e. The molecule has 0 bridgehead atoms. The summed E-state index contributed by atoms with van der Waals surface area (Å²) >= 11 is 9.66. The number of carbonyl (C=O) groups excluding carboxylic acids is 1. The number of amides is 1. The molecule has 1 N–H and O–H groups in total. The molecule has 0 fully saturated rings. The molecular formula is C17H17BrClNO. The molecular weight excluding hydrogens is 350 g/mol. The average Bonchev–Trinajstić information content (AvgIpc) is 2.50. The molecule has 0 spiro atoms. The first kappa shape index (κ1) is 16.1. The highest BCUT2D eigenvalue weighted by Gasteiger charge is 2.16. The van der Waals surface area contributed by atoms with Crippen molar-refractivity contribution in [3.05, 3.63) is 70.2 Å². The third-order valence-electron chi connectivity index (χ3n) is 3.28. The molecule has 21 heavy (non-hydrogen) atoms. The minimum absolute atomic E-state index is 0.0245. The van der Waals surface area contributed by atoms with Crippen LogP contribution in [0, 0.1) is 6.92 Å². The molecule has 0 radical (unpaired) electrons. The van der Waals surface area contributed by atoms with Gasteiger partial charge in [0.25, 0.3) is 5.91 Å². The Morgan fingerprint density at radius 2 is 1.90 bits per heavy atom. The molecule has 2 nitrogen and oxygen atoms in total. The van der Waals surface area contributed by atoms with Crippen molar-refractivity contribution in [2.45, 2.75) is 19.4 Å². The first-order valence-corrected chi connectivity index (χ1v) is 8.27. The van der Waals surface area contributed by atoms with E-state index < -0.39 is 0 Å². The van der Waals surface area contributed by atoms with Crippen molar-refractivity contribution in [3.8, 4) is 0 Å². The summed E-state index contributed by atoms with van der Waals surface area (Å²) in [6, 6.07) is 15.6. The summed E-state index contributed by atoms with van der Waals surface area (Å²) in [5.41, 5.74) is 2.62. The fourth-order valence-electron chi connectivity index (χ4n) is 2.13. The lowest BCUT2D eigenvalue weighted by Crippen LogP contribution is -2.37. The third-order valence-corrected chi connectivity index (χ3v) is 4.57. The van der Waals surface area contributed by atoms with Crippen LogP contribution in [-0.2, 0) is 6.42 Å². The summed E-state index contributed by atoms with van der Waals surface area (Å²) in [5.74, 6) is -0.135. The molecule has 1 atom stereocenters. The van der Waals surface area contributed by atoms with Crippen molar-refractivity contribution in [3.63, 3.8) is 0 Å². The number of nitrogens with one attached hydrogen (secondary N) is 1. The first-order valence-electron chi connectivity index (χ1n) is 6.77. The second-order valence-corrected chi connectivity index (χ2v) is 5.98. The molecule has 1 unspecified atom stereocenters. The minimum atomic E-state index is -0.135. The van der Waals surface area contributed by atoms with Gasteiger partial charge in [-0.2, -0.15) is 0 Å². The number of hydrogen-bond acceptors (Lipinski definition) is 1. The van der Waals surface area contributed by atoms with Gasteiger partial charge in [0.1, 0.15) is 0 Å². The molecule has 1 amide bonds. The van der Waals surface area contributed by atoms with Crippen molar-refractivity contribution in [2.75, 3.05) is 5.33 Å². The van der Waals surface area contributed by atoms with Gasteiger partial charge >= 0.3 is 0 Å². The standard InChI is InChI=1S/C17H17BrClNO/c1-12-6-5-9-15(16(12)19)17(21)20-14(11-18)10-13-7-3-2-4-8-13/h2-9,14H,10-11H2,1H3,(H,20,21). The molecule has 0 aliphatic heterocycles. The monoisotopic (exact) mass is 365 g/mol. The summed E-state index contributed by atoms with van der Waals surface area (Å²) in [4.78, 5) is 12.4. The zero-order chi connectivity index (χ0) is 15.2. The summed E-state index contributed by atoms with van der Waals surface area (Å²) < 4.78 is 0. The average molecular weight is 367 g/mol. The van der Waals surface area contributed by atoms with E-state index in [-0.39, 0.29) is 11.9 Å². The van der Waals surface area contributed by atoms with Crippen LogP contribution < -0.4 is 5.32 Å². The van der Waals surface area contributed by atoms with Crippen molar-refractivity contribution in [1.82, 2.24) is 5.32 Å². The number of halogens is 2. The predicted octanol–water partition coefficient (Wildman–Crippen LogP) is 4.38.